The fourth-order valence-electron chi connectivity index (χ4n) is 3.78. The first-order valence-electron chi connectivity index (χ1n) is 8.98. The molecule has 0 spiro atoms. The number of anilines is 2. The number of nitrogens with one attached hydrogen (secondary N) is 2. The number of ether oxygens (including phenoxy) is 1. The second-order valence-corrected chi connectivity index (χ2v) is 7.72. The fourth-order valence-corrected chi connectivity index (χ4v) is 4.16. The zero-order chi connectivity index (χ0) is 18.1. The predicted molar refractivity (Wildman–Crippen MR) is 107 cm³/mol. The first-order valence-corrected chi connectivity index (χ1v) is 9.77. The summed E-state index contributed by atoms with van der Waals surface area (Å²) in [7, 11) is 0. The minimum Gasteiger partial charge on any atom is -0.494 e. The van der Waals surface area contributed by atoms with E-state index >= 15 is 0 Å². The molecule has 6 heteroatoms. The molecule has 4 rings (SSSR count). The molecule has 2 aromatic rings. The van der Waals surface area contributed by atoms with Gasteiger partial charge in [-0.05, 0) is 61.3 Å². The van der Waals surface area contributed by atoms with Gasteiger partial charge in [-0.15, -0.1) is 0 Å². The van der Waals surface area contributed by atoms with Gasteiger partial charge in [-0.2, -0.15) is 0 Å². The number of nitrogens with two attached hydrogens (primary N) is 1. The molecule has 0 radical (unpaired) electrons. The first kappa shape index (κ1) is 17.4. The maximum atomic E-state index is 12.4. The summed E-state index contributed by atoms with van der Waals surface area (Å²) < 4.78 is 6.91. The molecule has 0 aromatic heterocycles. The van der Waals surface area contributed by atoms with Crippen LogP contribution in [0.3, 0.4) is 0 Å². The van der Waals surface area contributed by atoms with E-state index < -0.39 is 0 Å². The second kappa shape index (κ2) is 7.29. The van der Waals surface area contributed by atoms with E-state index in [1.165, 1.54) is 5.56 Å². The van der Waals surface area contributed by atoms with Crippen LogP contribution >= 0.6 is 15.9 Å². The van der Waals surface area contributed by atoms with Gasteiger partial charge in [0, 0.05) is 33.7 Å². The van der Waals surface area contributed by atoms with E-state index in [0.717, 1.165) is 40.0 Å². The van der Waals surface area contributed by atoms with Crippen LogP contribution in [0.1, 0.15) is 42.3 Å². The van der Waals surface area contributed by atoms with Gasteiger partial charge >= 0.3 is 0 Å². The zero-order valence-electron chi connectivity index (χ0n) is 14.4. The van der Waals surface area contributed by atoms with Crippen molar-refractivity contribution in [3.05, 3.63) is 52.0 Å². The van der Waals surface area contributed by atoms with Gasteiger partial charge in [0.2, 0.25) is 5.91 Å². The van der Waals surface area contributed by atoms with Crippen LogP contribution in [-0.2, 0) is 4.79 Å². The van der Waals surface area contributed by atoms with Gasteiger partial charge in [-0.3, -0.25) is 4.79 Å². The minimum atomic E-state index is 0.0463. The van der Waals surface area contributed by atoms with Crippen LogP contribution in [0.2, 0.25) is 0 Å². The lowest BCUT2D eigenvalue weighted by atomic mass is 9.88. The Morgan fingerprint density at radius 1 is 1.12 bits per heavy atom. The highest BCUT2D eigenvalue weighted by Gasteiger charge is 2.38. The predicted octanol–water partition coefficient (Wildman–Crippen LogP) is 4.16. The summed E-state index contributed by atoms with van der Waals surface area (Å²) in [6.07, 6.45) is 2.36. The van der Waals surface area contributed by atoms with Crippen molar-refractivity contribution in [2.24, 2.45) is 5.73 Å². The number of halogens is 1. The molecule has 0 saturated heterocycles. The van der Waals surface area contributed by atoms with Gasteiger partial charge in [0.05, 0.1) is 12.6 Å². The Kier molecular flexibility index (Phi) is 4.87. The van der Waals surface area contributed by atoms with Gasteiger partial charge < -0.3 is 21.1 Å². The largest absolute Gasteiger partial charge is 0.494 e. The molecule has 136 valence electrons. The number of fused-ring (bicyclic) bond motifs is 5. The number of hydrogen-bond donors (Lipinski definition) is 3. The van der Waals surface area contributed by atoms with E-state index in [9.17, 15) is 4.79 Å². The molecule has 2 aliphatic heterocycles. The summed E-state index contributed by atoms with van der Waals surface area (Å²) in [5.41, 5.74) is 9.74. The molecular weight excluding hydrogens is 394 g/mol. The van der Waals surface area contributed by atoms with E-state index in [-0.39, 0.29) is 17.9 Å². The number of hydrogen-bond acceptors (Lipinski definition) is 4. The van der Waals surface area contributed by atoms with Crippen molar-refractivity contribution in [2.75, 3.05) is 23.8 Å². The number of carbonyl (C=O) groups is 1. The molecule has 2 heterocycles. The van der Waals surface area contributed by atoms with Crippen molar-refractivity contribution in [3.8, 4) is 5.75 Å². The lowest BCUT2D eigenvalue weighted by molar-refractivity contribution is -0.116. The average molecular weight is 416 g/mol. The molecule has 26 heavy (non-hydrogen) atoms. The Morgan fingerprint density at radius 3 is 2.81 bits per heavy atom. The standard InChI is InChI=1S/C20H22BrN3O2/c21-12-3-5-17-14(9-12)15-11-19(25)23-18-6-4-13(26-8-2-1-7-22)10-16(18)20(15)24-17/h3-6,9-10,15,20,24H,1-2,7-8,11,22H2,(H,23,25). The smallest absolute Gasteiger partial charge is 0.225 e. The van der Waals surface area contributed by atoms with Gasteiger partial charge in [0.15, 0.2) is 0 Å². The van der Waals surface area contributed by atoms with E-state index in [4.69, 9.17) is 10.5 Å². The highest BCUT2D eigenvalue weighted by atomic mass is 79.9. The van der Waals surface area contributed by atoms with Crippen LogP contribution in [0, 0.1) is 0 Å². The van der Waals surface area contributed by atoms with Gasteiger partial charge in [-0.25, -0.2) is 0 Å². The van der Waals surface area contributed by atoms with Crippen LogP contribution < -0.4 is 21.1 Å². The maximum Gasteiger partial charge on any atom is 0.225 e. The molecule has 1 amide bonds. The maximum absolute atomic E-state index is 12.4. The molecule has 0 saturated carbocycles. The van der Waals surface area contributed by atoms with Crippen LogP contribution in [0.25, 0.3) is 0 Å². The third kappa shape index (κ3) is 3.31. The summed E-state index contributed by atoms with van der Waals surface area (Å²) in [5, 5.41) is 6.64. The Hall–Kier alpha value is -2.05. The molecule has 5 nitrogen and oxygen atoms in total. The normalized spacial score (nSPS) is 20.3. The van der Waals surface area contributed by atoms with Crippen molar-refractivity contribution >= 4 is 33.2 Å². The molecule has 2 aliphatic rings. The number of amides is 1. The van der Waals surface area contributed by atoms with Crippen molar-refractivity contribution in [3.63, 3.8) is 0 Å². The van der Waals surface area contributed by atoms with Crippen molar-refractivity contribution in [1.82, 2.24) is 0 Å². The lowest BCUT2D eigenvalue weighted by Gasteiger charge is -2.19. The molecule has 0 bridgehead atoms. The number of unbranched alkanes of at least 4 members (excludes halogenated alkanes) is 1. The summed E-state index contributed by atoms with van der Waals surface area (Å²) in [5.74, 6) is 0.982. The number of carbonyl (C=O) groups excluding carboxylic acids is 1. The van der Waals surface area contributed by atoms with Crippen molar-refractivity contribution in [1.29, 1.82) is 0 Å². The monoisotopic (exact) mass is 415 g/mol. The van der Waals surface area contributed by atoms with Crippen molar-refractivity contribution < 1.29 is 9.53 Å². The zero-order valence-corrected chi connectivity index (χ0v) is 16.0. The highest BCUT2D eigenvalue weighted by Crippen LogP contribution is 2.50. The van der Waals surface area contributed by atoms with Gasteiger partial charge in [0.25, 0.3) is 0 Å². The van der Waals surface area contributed by atoms with Crippen LogP contribution in [-0.4, -0.2) is 19.1 Å². The molecule has 0 fully saturated rings. The van der Waals surface area contributed by atoms with E-state index in [0.29, 0.717) is 19.6 Å². The molecule has 0 aliphatic carbocycles. The van der Waals surface area contributed by atoms with Gasteiger partial charge in [-0.1, -0.05) is 15.9 Å². The van der Waals surface area contributed by atoms with E-state index in [2.05, 4.69) is 44.8 Å². The summed E-state index contributed by atoms with van der Waals surface area (Å²) in [6, 6.07) is 12.2. The molecule has 4 N–H and O–H groups in total. The SMILES string of the molecule is NCCCCOc1ccc2c(c1)C1Nc3ccc(Br)cc3C1CC(=O)N2. The Labute approximate surface area is 161 Å². The summed E-state index contributed by atoms with van der Waals surface area (Å²) >= 11 is 3.54. The quantitative estimate of drug-likeness (QED) is 0.640. The third-order valence-corrected chi connectivity index (χ3v) is 5.52. The molecule has 2 aromatic carbocycles. The Bertz CT molecular complexity index is 840. The first-order chi connectivity index (χ1) is 12.7. The number of rotatable bonds is 5. The molecule has 2 unspecified atom stereocenters. The van der Waals surface area contributed by atoms with E-state index in [1.54, 1.807) is 0 Å². The molecule has 2 atom stereocenters. The minimum absolute atomic E-state index is 0.0463. The second-order valence-electron chi connectivity index (χ2n) is 6.81. The van der Waals surface area contributed by atoms with Crippen LogP contribution in [0.5, 0.6) is 5.75 Å². The lowest BCUT2D eigenvalue weighted by Crippen LogP contribution is -2.13. The highest BCUT2D eigenvalue weighted by molar-refractivity contribution is 9.10. The Morgan fingerprint density at radius 2 is 1.96 bits per heavy atom. The summed E-state index contributed by atoms with van der Waals surface area (Å²) in [4.78, 5) is 12.4. The van der Waals surface area contributed by atoms with Crippen LogP contribution in [0.4, 0.5) is 11.4 Å². The Balaban J connectivity index is 1.65. The fraction of sp³-hybridized carbons (Fsp3) is 0.350. The topological polar surface area (TPSA) is 76.4 Å². The van der Waals surface area contributed by atoms with Crippen molar-refractivity contribution in [2.45, 2.75) is 31.2 Å². The molecular formula is C20H22BrN3O2. The summed E-state index contributed by atoms with van der Waals surface area (Å²) in [6.45, 7) is 1.33. The third-order valence-electron chi connectivity index (χ3n) is 5.03. The van der Waals surface area contributed by atoms with E-state index in [1.807, 2.05) is 18.2 Å². The van der Waals surface area contributed by atoms with Gasteiger partial charge in [0.1, 0.15) is 5.75 Å². The van der Waals surface area contributed by atoms with Crippen LogP contribution in [0.15, 0.2) is 40.9 Å². The average Bonchev–Trinajstić information content (AvgIpc) is 2.90. The number of benzene rings is 2.